The fourth-order valence-corrected chi connectivity index (χ4v) is 1.29. The molecule has 2 aromatic heterocycles. The summed E-state index contributed by atoms with van der Waals surface area (Å²) in [5.41, 5.74) is 8.35. The van der Waals surface area contributed by atoms with Crippen molar-refractivity contribution in [2.24, 2.45) is 5.73 Å². The summed E-state index contributed by atoms with van der Waals surface area (Å²) in [6, 6.07) is 7.80. The lowest BCUT2D eigenvalue weighted by Gasteiger charge is -1.99. The first-order valence-corrected chi connectivity index (χ1v) is 4.31. The Kier molecular flexibility index (Phi) is 2.19. The van der Waals surface area contributed by atoms with Crippen molar-refractivity contribution in [2.45, 2.75) is 6.42 Å². The summed E-state index contributed by atoms with van der Waals surface area (Å²) in [4.78, 5) is 8.61. The summed E-state index contributed by atoms with van der Waals surface area (Å²) in [6.45, 7) is 0.638. The maximum Gasteiger partial charge on any atom is 0.0890 e. The van der Waals surface area contributed by atoms with Crippen LogP contribution in [0.3, 0.4) is 0 Å². The van der Waals surface area contributed by atoms with Crippen LogP contribution in [-0.4, -0.2) is 16.5 Å². The monoisotopic (exact) mass is 173 g/mol. The Hall–Kier alpha value is -1.48. The van der Waals surface area contributed by atoms with Gasteiger partial charge in [0.15, 0.2) is 0 Å². The Labute approximate surface area is 76.6 Å². The first-order valence-electron chi connectivity index (χ1n) is 4.31. The molecule has 66 valence electrons. The van der Waals surface area contributed by atoms with Crippen LogP contribution >= 0.6 is 0 Å². The van der Waals surface area contributed by atoms with Gasteiger partial charge < -0.3 is 5.73 Å². The highest BCUT2D eigenvalue weighted by molar-refractivity contribution is 5.73. The maximum absolute atomic E-state index is 5.45. The van der Waals surface area contributed by atoms with E-state index in [2.05, 4.69) is 9.97 Å². The van der Waals surface area contributed by atoms with Gasteiger partial charge in [0.1, 0.15) is 0 Å². The lowest BCUT2D eigenvalue weighted by molar-refractivity contribution is 0.931. The summed E-state index contributed by atoms with van der Waals surface area (Å²) >= 11 is 0. The van der Waals surface area contributed by atoms with E-state index in [-0.39, 0.29) is 0 Å². The second-order valence-electron chi connectivity index (χ2n) is 2.88. The molecule has 0 unspecified atom stereocenters. The van der Waals surface area contributed by atoms with Crippen molar-refractivity contribution in [1.29, 1.82) is 0 Å². The van der Waals surface area contributed by atoms with Crippen LogP contribution in [0.1, 0.15) is 5.69 Å². The van der Waals surface area contributed by atoms with E-state index < -0.39 is 0 Å². The molecular weight excluding hydrogens is 162 g/mol. The molecule has 2 aromatic rings. The second-order valence-corrected chi connectivity index (χ2v) is 2.88. The molecule has 0 saturated heterocycles. The first kappa shape index (κ1) is 8.13. The van der Waals surface area contributed by atoms with Crippen molar-refractivity contribution >= 4 is 11.0 Å². The van der Waals surface area contributed by atoms with Crippen LogP contribution in [0, 0.1) is 0 Å². The summed E-state index contributed by atoms with van der Waals surface area (Å²) in [5, 5.41) is 0. The molecule has 0 radical (unpaired) electrons. The third kappa shape index (κ3) is 1.65. The summed E-state index contributed by atoms with van der Waals surface area (Å²) in [7, 11) is 0. The van der Waals surface area contributed by atoms with Crippen molar-refractivity contribution in [3.8, 4) is 0 Å². The highest BCUT2D eigenvalue weighted by atomic mass is 14.8. The Morgan fingerprint density at radius 1 is 1.15 bits per heavy atom. The second kappa shape index (κ2) is 3.49. The number of pyridine rings is 2. The maximum atomic E-state index is 5.45. The van der Waals surface area contributed by atoms with Gasteiger partial charge in [-0.15, -0.1) is 0 Å². The van der Waals surface area contributed by atoms with Crippen LogP contribution in [0.4, 0.5) is 0 Å². The number of nitrogens with two attached hydrogens (primary N) is 1. The number of rotatable bonds is 2. The Balaban J connectivity index is 2.49. The quantitative estimate of drug-likeness (QED) is 0.740. The van der Waals surface area contributed by atoms with Gasteiger partial charge in [0.25, 0.3) is 0 Å². The van der Waals surface area contributed by atoms with Gasteiger partial charge in [0, 0.05) is 18.3 Å². The van der Waals surface area contributed by atoms with Crippen LogP contribution < -0.4 is 5.73 Å². The number of fused-ring (bicyclic) bond motifs is 1. The minimum atomic E-state index is 0.638. The molecule has 0 bridgehead atoms. The minimum Gasteiger partial charge on any atom is -0.330 e. The van der Waals surface area contributed by atoms with Gasteiger partial charge in [-0.3, -0.25) is 9.97 Å². The molecule has 3 nitrogen and oxygen atoms in total. The van der Waals surface area contributed by atoms with E-state index in [0.717, 1.165) is 23.1 Å². The topological polar surface area (TPSA) is 51.8 Å². The number of aromatic nitrogens is 2. The van der Waals surface area contributed by atoms with Crippen LogP contribution in [0.25, 0.3) is 11.0 Å². The van der Waals surface area contributed by atoms with Gasteiger partial charge in [-0.1, -0.05) is 0 Å². The van der Waals surface area contributed by atoms with E-state index in [1.54, 1.807) is 6.20 Å². The average Bonchev–Trinajstić information content (AvgIpc) is 2.18. The minimum absolute atomic E-state index is 0.638. The van der Waals surface area contributed by atoms with Crippen molar-refractivity contribution in [3.05, 3.63) is 36.2 Å². The molecule has 2 N–H and O–H groups in total. The normalized spacial score (nSPS) is 10.5. The van der Waals surface area contributed by atoms with Crippen LogP contribution in [0.5, 0.6) is 0 Å². The van der Waals surface area contributed by atoms with E-state index in [1.165, 1.54) is 0 Å². The van der Waals surface area contributed by atoms with Crippen LogP contribution in [-0.2, 0) is 6.42 Å². The zero-order chi connectivity index (χ0) is 9.10. The van der Waals surface area contributed by atoms with Gasteiger partial charge in [-0.2, -0.15) is 0 Å². The molecule has 0 aliphatic heterocycles. The molecule has 2 heterocycles. The van der Waals surface area contributed by atoms with Gasteiger partial charge >= 0.3 is 0 Å². The van der Waals surface area contributed by atoms with Gasteiger partial charge in [-0.25, -0.2) is 0 Å². The standard InChI is InChI=1S/C10H11N3/c11-6-5-8-3-4-9-10(13-8)2-1-7-12-9/h1-4,7H,5-6,11H2. The molecule has 0 amide bonds. The van der Waals surface area contributed by atoms with Crippen LogP contribution in [0.15, 0.2) is 30.5 Å². The van der Waals surface area contributed by atoms with E-state index in [0.29, 0.717) is 6.54 Å². The van der Waals surface area contributed by atoms with E-state index in [9.17, 15) is 0 Å². The SMILES string of the molecule is NCCc1ccc2ncccc2n1. The first-order chi connectivity index (χ1) is 6.40. The smallest absolute Gasteiger partial charge is 0.0890 e. The fraction of sp³-hybridized carbons (Fsp3) is 0.200. The molecule has 0 saturated carbocycles. The molecular formula is C10H11N3. The van der Waals surface area contributed by atoms with Crippen molar-refractivity contribution in [3.63, 3.8) is 0 Å². The van der Waals surface area contributed by atoms with E-state index in [4.69, 9.17) is 5.73 Å². The van der Waals surface area contributed by atoms with Gasteiger partial charge in [0.2, 0.25) is 0 Å². The molecule has 0 aromatic carbocycles. The molecule has 0 aliphatic carbocycles. The van der Waals surface area contributed by atoms with Crippen molar-refractivity contribution in [1.82, 2.24) is 9.97 Å². The Morgan fingerprint density at radius 2 is 2.08 bits per heavy atom. The molecule has 0 atom stereocenters. The largest absolute Gasteiger partial charge is 0.330 e. The zero-order valence-electron chi connectivity index (χ0n) is 7.27. The summed E-state index contributed by atoms with van der Waals surface area (Å²) in [6.07, 6.45) is 2.59. The molecule has 0 spiro atoms. The summed E-state index contributed by atoms with van der Waals surface area (Å²) < 4.78 is 0. The number of hydrogen-bond acceptors (Lipinski definition) is 3. The molecule has 2 rings (SSSR count). The highest BCUT2D eigenvalue weighted by Crippen LogP contribution is 2.08. The summed E-state index contributed by atoms with van der Waals surface area (Å²) in [5.74, 6) is 0. The predicted molar refractivity (Wildman–Crippen MR) is 52.3 cm³/mol. The van der Waals surface area contributed by atoms with E-state index in [1.807, 2.05) is 24.3 Å². The zero-order valence-corrected chi connectivity index (χ0v) is 7.27. The third-order valence-corrected chi connectivity index (χ3v) is 1.91. The van der Waals surface area contributed by atoms with Crippen LogP contribution in [0.2, 0.25) is 0 Å². The predicted octanol–water partition coefficient (Wildman–Crippen LogP) is 1.13. The van der Waals surface area contributed by atoms with Gasteiger partial charge in [-0.05, 0) is 30.8 Å². The molecule has 0 aliphatic rings. The molecule has 13 heavy (non-hydrogen) atoms. The fourth-order valence-electron chi connectivity index (χ4n) is 1.29. The Morgan fingerprint density at radius 3 is 2.92 bits per heavy atom. The average molecular weight is 173 g/mol. The number of nitrogens with zero attached hydrogens (tertiary/aromatic N) is 2. The van der Waals surface area contributed by atoms with Crippen molar-refractivity contribution < 1.29 is 0 Å². The third-order valence-electron chi connectivity index (χ3n) is 1.91. The number of hydrogen-bond donors (Lipinski definition) is 1. The van der Waals surface area contributed by atoms with Crippen molar-refractivity contribution in [2.75, 3.05) is 6.54 Å². The Bertz CT molecular complexity index is 412. The van der Waals surface area contributed by atoms with Gasteiger partial charge in [0.05, 0.1) is 11.0 Å². The molecule has 3 heteroatoms. The lowest BCUT2D eigenvalue weighted by atomic mass is 10.2. The lowest BCUT2D eigenvalue weighted by Crippen LogP contribution is -2.04. The molecule has 0 fully saturated rings. The highest BCUT2D eigenvalue weighted by Gasteiger charge is 1.96. The van der Waals surface area contributed by atoms with E-state index >= 15 is 0 Å².